The highest BCUT2D eigenvalue weighted by Gasteiger charge is 2.21. The van der Waals surface area contributed by atoms with E-state index in [0.29, 0.717) is 5.56 Å². The van der Waals surface area contributed by atoms with Crippen LogP contribution in [0.5, 0.6) is 0 Å². The van der Waals surface area contributed by atoms with Crippen LogP contribution in [0.1, 0.15) is 21.5 Å². The second-order valence-electron chi connectivity index (χ2n) is 5.38. The molecular formula is C17H14Cl2N2O5. The van der Waals surface area contributed by atoms with Gasteiger partial charge < -0.3 is 10.1 Å². The maximum absolute atomic E-state index is 12.1. The topological polar surface area (TPSA) is 98.5 Å². The predicted octanol–water partition coefficient (Wildman–Crippen LogP) is 4.31. The van der Waals surface area contributed by atoms with Gasteiger partial charge in [0.15, 0.2) is 6.61 Å². The SMILES string of the molecule is Cc1ccc([N+](=O)[O-])c(NC(=O)COC(=O)c2c(Cl)cccc2Cl)c1C. The Labute approximate surface area is 159 Å². The highest BCUT2D eigenvalue weighted by Crippen LogP contribution is 2.30. The van der Waals surface area contributed by atoms with E-state index in [9.17, 15) is 19.7 Å². The number of carbonyl (C=O) groups is 2. The molecule has 0 fully saturated rings. The summed E-state index contributed by atoms with van der Waals surface area (Å²) in [6.45, 7) is 2.76. The van der Waals surface area contributed by atoms with Crippen molar-refractivity contribution in [2.45, 2.75) is 13.8 Å². The quantitative estimate of drug-likeness (QED) is 0.461. The van der Waals surface area contributed by atoms with Gasteiger partial charge in [-0.15, -0.1) is 0 Å². The molecule has 0 saturated carbocycles. The number of nitrogens with one attached hydrogen (secondary N) is 1. The van der Waals surface area contributed by atoms with Crippen LogP contribution in [0.3, 0.4) is 0 Å². The van der Waals surface area contributed by atoms with Gasteiger partial charge in [-0.1, -0.05) is 35.3 Å². The summed E-state index contributed by atoms with van der Waals surface area (Å²) in [4.78, 5) is 34.7. The summed E-state index contributed by atoms with van der Waals surface area (Å²) in [7, 11) is 0. The number of nitrogens with zero attached hydrogens (tertiary/aromatic N) is 1. The van der Waals surface area contributed by atoms with E-state index >= 15 is 0 Å². The summed E-state index contributed by atoms with van der Waals surface area (Å²) in [5, 5.41) is 13.7. The Morgan fingerprint density at radius 2 is 1.77 bits per heavy atom. The molecule has 0 aliphatic rings. The molecule has 2 aromatic carbocycles. The number of ether oxygens (including phenoxy) is 1. The van der Waals surface area contributed by atoms with Crippen LogP contribution in [-0.2, 0) is 9.53 Å². The van der Waals surface area contributed by atoms with E-state index in [2.05, 4.69) is 5.32 Å². The molecule has 0 radical (unpaired) electrons. The first-order valence-electron chi connectivity index (χ1n) is 7.38. The minimum absolute atomic E-state index is 0.0543. The maximum Gasteiger partial charge on any atom is 0.341 e. The molecule has 0 bridgehead atoms. The van der Waals surface area contributed by atoms with Gasteiger partial charge in [0.1, 0.15) is 5.69 Å². The predicted molar refractivity (Wildman–Crippen MR) is 97.9 cm³/mol. The van der Waals surface area contributed by atoms with Crippen LogP contribution < -0.4 is 5.32 Å². The van der Waals surface area contributed by atoms with Gasteiger partial charge in [-0.25, -0.2) is 4.79 Å². The Hall–Kier alpha value is -2.64. The summed E-state index contributed by atoms with van der Waals surface area (Å²) in [6, 6.07) is 7.37. The number of hydrogen-bond acceptors (Lipinski definition) is 5. The van der Waals surface area contributed by atoms with Gasteiger partial charge in [0.05, 0.1) is 20.5 Å². The van der Waals surface area contributed by atoms with Crippen LogP contribution in [0.4, 0.5) is 11.4 Å². The Bertz CT molecular complexity index is 879. The number of nitro benzene ring substituents is 1. The fourth-order valence-corrected chi connectivity index (χ4v) is 2.73. The second kappa shape index (κ2) is 8.16. The number of esters is 1. The van der Waals surface area contributed by atoms with Crippen molar-refractivity contribution in [1.82, 2.24) is 0 Å². The molecule has 0 unspecified atom stereocenters. The molecule has 9 heteroatoms. The third kappa shape index (κ3) is 4.30. The molecule has 2 aromatic rings. The van der Waals surface area contributed by atoms with Gasteiger partial charge >= 0.3 is 5.97 Å². The zero-order valence-corrected chi connectivity index (χ0v) is 15.4. The highest BCUT2D eigenvalue weighted by molar-refractivity contribution is 6.39. The van der Waals surface area contributed by atoms with Crippen LogP contribution in [0.25, 0.3) is 0 Å². The first kappa shape index (κ1) is 19.7. The van der Waals surface area contributed by atoms with Gasteiger partial charge in [0, 0.05) is 6.07 Å². The van der Waals surface area contributed by atoms with Crippen LogP contribution in [0.15, 0.2) is 30.3 Å². The van der Waals surface area contributed by atoms with Crippen LogP contribution in [0, 0.1) is 24.0 Å². The first-order valence-corrected chi connectivity index (χ1v) is 8.13. The minimum Gasteiger partial charge on any atom is -0.452 e. The lowest BCUT2D eigenvalue weighted by Crippen LogP contribution is -2.22. The average molecular weight is 397 g/mol. The second-order valence-corrected chi connectivity index (χ2v) is 6.19. The molecule has 1 N–H and O–H groups in total. The van der Waals surface area contributed by atoms with Crippen molar-refractivity contribution >= 4 is 46.5 Å². The fourth-order valence-electron chi connectivity index (χ4n) is 2.18. The molecular weight excluding hydrogens is 383 g/mol. The lowest BCUT2D eigenvalue weighted by atomic mass is 10.1. The first-order chi connectivity index (χ1) is 12.2. The van der Waals surface area contributed by atoms with E-state index in [4.69, 9.17) is 27.9 Å². The van der Waals surface area contributed by atoms with Crippen LogP contribution in [-0.4, -0.2) is 23.4 Å². The lowest BCUT2D eigenvalue weighted by Gasteiger charge is -2.12. The van der Waals surface area contributed by atoms with Gasteiger partial charge in [-0.05, 0) is 37.1 Å². The van der Waals surface area contributed by atoms with Gasteiger partial charge in [0.2, 0.25) is 0 Å². The summed E-state index contributed by atoms with van der Waals surface area (Å²) in [5.41, 5.74) is 1.08. The molecule has 1 amide bonds. The normalized spacial score (nSPS) is 10.3. The van der Waals surface area contributed by atoms with E-state index in [-0.39, 0.29) is 27.0 Å². The molecule has 0 aromatic heterocycles. The van der Waals surface area contributed by atoms with E-state index in [0.717, 1.165) is 5.56 Å². The minimum atomic E-state index is -0.869. The van der Waals surface area contributed by atoms with Crippen molar-refractivity contribution in [3.63, 3.8) is 0 Å². The van der Waals surface area contributed by atoms with Crippen molar-refractivity contribution in [1.29, 1.82) is 0 Å². The molecule has 136 valence electrons. The smallest absolute Gasteiger partial charge is 0.341 e. The lowest BCUT2D eigenvalue weighted by molar-refractivity contribution is -0.384. The number of amides is 1. The summed E-state index contributed by atoms with van der Waals surface area (Å²) in [5.74, 6) is -1.59. The van der Waals surface area contributed by atoms with E-state index < -0.39 is 23.4 Å². The van der Waals surface area contributed by atoms with E-state index in [1.807, 2.05) is 0 Å². The largest absolute Gasteiger partial charge is 0.452 e. The van der Waals surface area contributed by atoms with E-state index in [1.54, 1.807) is 26.0 Å². The summed E-state index contributed by atoms with van der Waals surface area (Å²) >= 11 is 11.8. The fraction of sp³-hybridized carbons (Fsp3) is 0.176. The zero-order chi connectivity index (χ0) is 19.4. The van der Waals surface area contributed by atoms with Gasteiger partial charge in [-0.3, -0.25) is 14.9 Å². The molecule has 0 aliphatic carbocycles. The zero-order valence-electron chi connectivity index (χ0n) is 13.8. The summed E-state index contributed by atoms with van der Waals surface area (Å²) in [6.07, 6.45) is 0. The van der Waals surface area contributed by atoms with Crippen molar-refractivity contribution in [3.05, 3.63) is 67.2 Å². The molecule has 2 rings (SSSR count). The Morgan fingerprint density at radius 3 is 2.35 bits per heavy atom. The summed E-state index contributed by atoms with van der Waals surface area (Å²) < 4.78 is 4.90. The third-order valence-corrected chi connectivity index (χ3v) is 4.31. The number of nitro groups is 1. The van der Waals surface area contributed by atoms with Crippen molar-refractivity contribution in [2.75, 3.05) is 11.9 Å². The Kier molecular flexibility index (Phi) is 6.18. The van der Waals surface area contributed by atoms with Crippen molar-refractivity contribution in [3.8, 4) is 0 Å². The molecule has 0 spiro atoms. The maximum atomic E-state index is 12.1. The van der Waals surface area contributed by atoms with Gasteiger partial charge in [-0.2, -0.15) is 0 Å². The standard InChI is InChI=1S/C17H14Cl2N2O5/c1-9-6-7-13(21(24)25)16(10(9)2)20-14(22)8-26-17(23)15-11(18)4-3-5-12(15)19/h3-7H,8H2,1-2H3,(H,20,22). The van der Waals surface area contributed by atoms with Crippen molar-refractivity contribution < 1.29 is 19.2 Å². The van der Waals surface area contributed by atoms with E-state index in [1.165, 1.54) is 18.2 Å². The number of hydrogen-bond donors (Lipinski definition) is 1. The number of benzene rings is 2. The third-order valence-electron chi connectivity index (χ3n) is 3.68. The molecule has 26 heavy (non-hydrogen) atoms. The molecule has 7 nitrogen and oxygen atoms in total. The highest BCUT2D eigenvalue weighted by atomic mass is 35.5. The molecule has 0 aliphatic heterocycles. The number of halogens is 2. The van der Waals surface area contributed by atoms with Crippen LogP contribution in [0.2, 0.25) is 10.0 Å². The Balaban J connectivity index is 2.12. The monoisotopic (exact) mass is 396 g/mol. The molecule has 0 saturated heterocycles. The number of carbonyl (C=O) groups excluding carboxylic acids is 2. The number of rotatable bonds is 5. The average Bonchev–Trinajstić information content (AvgIpc) is 2.57. The van der Waals surface area contributed by atoms with Crippen molar-refractivity contribution in [2.24, 2.45) is 0 Å². The Morgan fingerprint density at radius 1 is 1.15 bits per heavy atom. The van der Waals surface area contributed by atoms with Crippen LogP contribution >= 0.6 is 23.2 Å². The number of aryl methyl sites for hydroxylation is 1. The molecule has 0 atom stereocenters. The molecule has 0 heterocycles. The van der Waals surface area contributed by atoms with Gasteiger partial charge in [0.25, 0.3) is 11.6 Å². The number of anilines is 1.